The largest absolute Gasteiger partial charge is 0.407 e. The number of nitrogens with one attached hydrogen (secondary N) is 1. The van der Waals surface area contributed by atoms with Crippen LogP contribution in [0.15, 0.2) is 17.0 Å². The summed E-state index contributed by atoms with van der Waals surface area (Å²) in [5, 5.41) is 0.0854. The Morgan fingerprint density at radius 2 is 1.90 bits per heavy atom. The third kappa shape index (κ3) is 2.59. The standard InChI is InChI=1S/C11H12ClF3N2O2S/c1-6-8(12)4-7(5-9(6)16)20(18,19)17-10(2-3-10)11(13,14)15/h4-5,17H,2-3,16H2,1H3. The molecule has 9 heteroatoms. The summed E-state index contributed by atoms with van der Waals surface area (Å²) in [6.07, 6.45) is -5.17. The average Bonchev–Trinajstić information content (AvgIpc) is 3.04. The Bertz CT molecular complexity index is 631. The minimum Gasteiger partial charge on any atom is -0.398 e. The number of hydrogen-bond donors (Lipinski definition) is 2. The van der Waals surface area contributed by atoms with Crippen molar-refractivity contribution < 1.29 is 21.6 Å². The van der Waals surface area contributed by atoms with Crippen LogP contribution in [0.5, 0.6) is 0 Å². The highest BCUT2D eigenvalue weighted by atomic mass is 35.5. The Morgan fingerprint density at radius 3 is 2.30 bits per heavy atom. The fraction of sp³-hybridized carbons (Fsp3) is 0.455. The maximum atomic E-state index is 12.8. The molecule has 1 saturated carbocycles. The Balaban J connectivity index is 2.38. The van der Waals surface area contributed by atoms with Crippen molar-refractivity contribution in [3.05, 3.63) is 22.7 Å². The minimum atomic E-state index is -4.62. The van der Waals surface area contributed by atoms with E-state index in [2.05, 4.69) is 0 Å². The van der Waals surface area contributed by atoms with Crippen LogP contribution in [-0.2, 0) is 10.0 Å². The van der Waals surface area contributed by atoms with E-state index >= 15 is 0 Å². The maximum absolute atomic E-state index is 12.8. The second kappa shape index (κ2) is 4.51. The number of rotatable bonds is 3. The Labute approximate surface area is 119 Å². The zero-order valence-corrected chi connectivity index (χ0v) is 12.0. The summed E-state index contributed by atoms with van der Waals surface area (Å²) in [6, 6.07) is 2.18. The van der Waals surface area contributed by atoms with Crippen LogP contribution in [0.3, 0.4) is 0 Å². The summed E-state index contributed by atoms with van der Waals surface area (Å²) in [4.78, 5) is -0.374. The van der Waals surface area contributed by atoms with Gasteiger partial charge in [-0.2, -0.15) is 17.9 Å². The molecule has 3 N–H and O–H groups in total. The van der Waals surface area contributed by atoms with Crippen LogP contribution in [0.25, 0.3) is 0 Å². The van der Waals surface area contributed by atoms with E-state index in [1.54, 1.807) is 11.6 Å². The van der Waals surface area contributed by atoms with Crippen LogP contribution < -0.4 is 10.5 Å². The van der Waals surface area contributed by atoms with Crippen molar-refractivity contribution >= 4 is 27.3 Å². The summed E-state index contributed by atoms with van der Waals surface area (Å²) in [5.41, 5.74) is 3.80. The molecule has 112 valence electrons. The van der Waals surface area contributed by atoms with Gasteiger partial charge in [-0.25, -0.2) is 8.42 Å². The fourth-order valence-electron chi connectivity index (χ4n) is 1.71. The summed E-state index contributed by atoms with van der Waals surface area (Å²) < 4.78 is 64.1. The van der Waals surface area contributed by atoms with Crippen molar-refractivity contribution in [2.75, 3.05) is 5.73 Å². The van der Waals surface area contributed by atoms with Gasteiger partial charge >= 0.3 is 6.18 Å². The lowest BCUT2D eigenvalue weighted by atomic mass is 10.2. The van der Waals surface area contributed by atoms with Gasteiger partial charge in [0.05, 0.1) is 4.90 Å². The normalized spacial score (nSPS) is 18.1. The summed E-state index contributed by atoms with van der Waals surface area (Å²) in [5.74, 6) is 0. The van der Waals surface area contributed by atoms with Crippen molar-refractivity contribution in [2.45, 2.75) is 36.4 Å². The van der Waals surface area contributed by atoms with Crippen LogP contribution in [0, 0.1) is 6.92 Å². The highest BCUT2D eigenvalue weighted by Gasteiger charge is 2.65. The predicted octanol–water partition coefficient (Wildman–Crippen LogP) is 2.60. The smallest absolute Gasteiger partial charge is 0.398 e. The SMILES string of the molecule is Cc1c(N)cc(S(=O)(=O)NC2(C(F)(F)F)CC2)cc1Cl. The third-order valence-corrected chi connectivity index (χ3v) is 5.20. The fourth-order valence-corrected chi connectivity index (χ4v) is 3.51. The zero-order valence-electron chi connectivity index (χ0n) is 10.4. The number of benzene rings is 1. The molecule has 0 unspecified atom stereocenters. The second-order valence-electron chi connectivity index (χ2n) is 4.80. The molecule has 1 aliphatic rings. The first-order valence-electron chi connectivity index (χ1n) is 5.65. The van der Waals surface area contributed by atoms with Crippen molar-refractivity contribution in [3.8, 4) is 0 Å². The number of anilines is 1. The molecule has 1 aromatic carbocycles. The number of halogens is 4. The van der Waals surface area contributed by atoms with Crippen LogP contribution in [0.4, 0.5) is 18.9 Å². The van der Waals surface area contributed by atoms with Gasteiger partial charge in [0.15, 0.2) is 0 Å². The van der Waals surface area contributed by atoms with Gasteiger partial charge in [-0.15, -0.1) is 0 Å². The Morgan fingerprint density at radius 1 is 1.35 bits per heavy atom. The molecule has 0 aromatic heterocycles. The Hall–Kier alpha value is -0.990. The third-order valence-electron chi connectivity index (χ3n) is 3.29. The molecule has 0 spiro atoms. The molecule has 0 aliphatic heterocycles. The summed E-state index contributed by atoms with van der Waals surface area (Å²) >= 11 is 5.81. The van der Waals surface area contributed by atoms with Crippen molar-refractivity contribution in [3.63, 3.8) is 0 Å². The lowest BCUT2D eigenvalue weighted by molar-refractivity contribution is -0.160. The first-order chi connectivity index (χ1) is 8.98. The van der Waals surface area contributed by atoms with Crippen molar-refractivity contribution in [2.24, 2.45) is 0 Å². The number of nitrogens with two attached hydrogens (primary N) is 1. The van der Waals surface area contributed by atoms with E-state index in [4.69, 9.17) is 17.3 Å². The molecule has 0 heterocycles. The van der Waals surface area contributed by atoms with E-state index in [1.165, 1.54) is 0 Å². The first kappa shape index (κ1) is 15.4. The van der Waals surface area contributed by atoms with E-state index in [9.17, 15) is 21.6 Å². The van der Waals surface area contributed by atoms with Crippen LogP contribution >= 0.6 is 11.6 Å². The molecule has 0 atom stereocenters. The molecular weight excluding hydrogens is 317 g/mol. The Kier molecular flexibility index (Phi) is 3.47. The van der Waals surface area contributed by atoms with Gasteiger partial charge in [0, 0.05) is 10.7 Å². The average molecular weight is 329 g/mol. The van der Waals surface area contributed by atoms with Crippen LogP contribution in [0.1, 0.15) is 18.4 Å². The van der Waals surface area contributed by atoms with Gasteiger partial charge in [0.2, 0.25) is 10.0 Å². The summed E-state index contributed by atoms with van der Waals surface area (Å²) in [6.45, 7) is 1.58. The molecule has 0 saturated heterocycles. The van der Waals surface area contributed by atoms with E-state index in [1.807, 2.05) is 0 Å². The van der Waals surface area contributed by atoms with E-state index in [-0.39, 0.29) is 28.4 Å². The highest BCUT2D eigenvalue weighted by molar-refractivity contribution is 7.89. The molecule has 0 radical (unpaired) electrons. The lowest BCUT2D eigenvalue weighted by Crippen LogP contribution is -2.47. The van der Waals surface area contributed by atoms with Gasteiger partial charge in [-0.05, 0) is 37.5 Å². The summed E-state index contributed by atoms with van der Waals surface area (Å²) in [7, 11) is -4.33. The highest BCUT2D eigenvalue weighted by Crippen LogP contribution is 2.49. The number of nitrogen functional groups attached to an aromatic ring is 1. The molecule has 20 heavy (non-hydrogen) atoms. The molecule has 4 nitrogen and oxygen atoms in total. The number of hydrogen-bond acceptors (Lipinski definition) is 3. The predicted molar refractivity (Wildman–Crippen MR) is 68.9 cm³/mol. The molecule has 1 fully saturated rings. The first-order valence-corrected chi connectivity index (χ1v) is 7.51. The van der Waals surface area contributed by atoms with Gasteiger partial charge < -0.3 is 5.73 Å². The van der Waals surface area contributed by atoms with Crippen LogP contribution in [0.2, 0.25) is 5.02 Å². The van der Waals surface area contributed by atoms with Gasteiger partial charge in [-0.1, -0.05) is 11.6 Å². The topological polar surface area (TPSA) is 72.2 Å². The molecule has 1 aliphatic carbocycles. The lowest BCUT2D eigenvalue weighted by Gasteiger charge is -2.21. The van der Waals surface area contributed by atoms with Crippen molar-refractivity contribution in [1.82, 2.24) is 4.72 Å². The van der Waals surface area contributed by atoms with E-state index in [0.29, 0.717) is 5.56 Å². The van der Waals surface area contributed by atoms with Crippen molar-refractivity contribution in [1.29, 1.82) is 0 Å². The van der Waals surface area contributed by atoms with Gasteiger partial charge in [0.25, 0.3) is 0 Å². The molecule has 2 rings (SSSR count). The van der Waals surface area contributed by atoms with E-state index < -0.39 is 21.7 Å². The quantitative estimate of drug-likeness (QED) is 0.838. The molecular formula is C11H12ClF3N2O2S. The monoisotopic (exact) mass is 328 g/mol. The minimum absolute atomic E-state index is 0.0854. The number of sulfonamides is 1. The number of alkyl halides is 3. The zero-order chi connectivity index (χ0) is 15.3. The second-order valence-corrected chi connectivity index (χ2v) is 6.89. The van der Waals surface area contributed by atoms with Gasteiger partial charge in [-0.3, -0.25) is 0 Å². The van der Waals surface area contributed by atoms with Crippen LogP contribution in [-0.4, -0.2) is 20.1 Å². The van der Waals surface area contributed by atoms with E-state index in [0.717, 1.165) is 12.1 Å². The molecule has 0 bridgehead atoms. The molecule has 1 aromatic rings. The maximum Gasteiger partial charge on any atom is 0.407 e. The van der Waals surface area contributed by atoms with Gasteiger partial charge in [0.1, 0.15) is 5.54 Å². The molecule has 0 amide bonds.